The topological polar surface area (TPSA) is 75.7 Å². The Bertz CT molecular complexity index is 652. The molecule has 1 aliphatic rings. The number of carbonyl (C=O) groups is 1. The normalized spacial score (nSPS) is 17.3. The molecule has 0 atom stereocenters. The number of fused-ring (bicyclic) bond motifs is 1. The second kappa shape index (κ2) is 4.75. The van der Waals surface area contributed by atoms with Crippen molar-refractivity contribution in [3.8, 4) is 5.75 Å². The van der Waals surface area contributed by atoms with E-state index >= 15 is 0 Å². The van der Waals surface area contributed by atoms with Crippen LogP contribution in [0.5, 0.6) is 5.75 Å². The van der Waals surface area contributed by atoms with Crippen LogP contribution in [0.1, 0.15) is 20.8 Å². The number of amides is 1. The Kier molecular flexibility index (Phi) is 3.51. The first-order chi connectivity index (χ1) is 9.16. The molecule has 7 heteroatoms. The molecule has 0 bridgehead atoms. The Hall–Kier alpha value is -1.60. The van der Waals surface area contributed by atoms with Gasteiger partial charge in [0.05, 0.1) is 17.1 Å². The van der Waals surface area contributed by atoms with Crippen LogP contribution in [0.3, 0.4) is 0 Å². The molecule has 0 saturated carbocycles. The molecule has 1 amide bonds. The fourth-order valence-corrected chi connectivity index (χ4v) is 2.91. The Labute approximate surface area is 118 Å². The number of ether oxygens (including phenoxy) is 1. The van der Waals surface area contributed by atoms with Crippen molar-refractivity contribution in [2.45, 2.75) is 31.3 Å². The third-order valence-electron chi connectivity index (χ3n) is 3.11. The number of hydrogen-bond acceptors (Lipinski definition) is 4. The van der Waals surface area contributed by atoms with Crippen LogP contribution in [0.4, 0.5) is 5.69 Å². The van der Waals surface area contributed by atoms with E-state index in [0.717, 1.165) is 0 Å². The van der Waals surface area contributed by atoms with Crippen LogP contribution < -0.4 is 14.4 Å². The summed E-state index contributed by atoms with van der Waals surface area (Å²) in [4.78, 5) is 13.4. The van der Waals surface area contributed by atoms with Gasteiger partial charge in [0.2, 0.25) is 15.9 Å². The molecule has 110 valence electrons. The molecule has 0 fully saturated rings. The first kappa shape index (κ1) is 14.8. The van der Waals surface area contributed by atoms with Gasteiger partial charge in [-0.1, -0.05) is 0 Å². The molecule has 20 heavy (non-hydrogen) atoms. The lowest BCUT2D eigenvalue weighted by Crippen LogP contribution is -2.48. The average Bonchev–Trinajstić information content (AvgIpc) is 2.36. The van der Waals surface area contributed by atoms with Crippen LogP contribution in [0.2, 0.25) is 0 Å². The van der Waals surface area contributed by atoms with E-state index in [1.165, 1.54) is 31.0 Å². The van der Waals surface area contributed by atoms with Crippen LogP contribution in [0.15, 0.2) is 23.1 Å². The van der Waals surface area contributed by atoms with Gasteiger partial charge in [0.25, 0.3) is 0 Å². The number of nitrogens with zero attached hydrogens (tertiary/aromatic N) is 1. The first-order valence-corrected chi connectivity index (χ1v) is 7.69. The molecule has 1 aliphatic heterocycles. The Morgan fingerprint density at radius 1 is 1.40 bits per heavy atom. The van der Waals surface area contributed by atoms with Crippen molar-refractivity contribution in [3.05, 3.63) is 18.2 Å². The number of hydrogen-bond donors (Lipinski definition) is 1. The molecule has 0 spiro atoms. The fourth-order valence-electron chi connectivity index (χ4n) is 2.16. The summed E-state index contributed by atoms with van der Waals surface area (Å²) in [6, 6.07) is 4.50. The maximum absolute atomic E-state index is 11.8. The molecule has 1 aromatic rings. The minimum Gasteiger partial charge on any atom is -0.484 e. The van der Waals surface area contributed by atoms with Crippen LogP contribution in [-0.2, 0) is 14.8 Å². The lowest BCUT2D eigenvalue weighted by Gasteiger charge is -2.39. The van der Waals surface area contributed by atoms with E-state index in [1.807, 2.05) is 13.8 Å². The van der Waals surface area contributed by atoms with Crippen molar-refractivity contribution < 1.29 is 17.9 Å². The summed E-state index contributed by atoms with van der Waals surface area (Å²) in [6.07, 6.45) is 0. The summed E-state index contributed by atoms with van der Waals surface area (Å²) in [6.45, 7) is 5.58. The van der Waals surface area contributed by atoms with Crippen molar-refractivity contribution in [1.29, 1.82) is 0 Å². The standard InChI is InChI=1S/C13H18N2O4S/c1-9(16)15-8-13(2,3)19-12-6-5-10(7-11(12)15)20(17,18)14-4/h5-7,14H,8H2,1-4H3. The van der Waals surface area contributed by atoms with E-state index in [-0.39, 0.29) is 10.8 Å². The maximum atomic E-state index is 11.8. The quantitative estimate of drug-likeness (QED) is 0.887. The Morgan fingerprint density at radius 3 is 2.60 bits per heavy atom. The van der Waals surface area contributed by atoms with Gasteiger partial charge in [-0.25, -0.2) is 13.1 Å². The summed E-state index contributed by atoms with van der Waals surface area (Å²) >= 11 is 0. The maximum Gasteiger partial charge on any atom is 0.240 e. The van der Waals surface area contributed by atoms with Gasteiger partial charge < -0.3 is 9.64 Å². The largest absolute Gasteiger partial charge is 0.484 e. The summed E-state index contributed by atoms with van der Waals surface area (Å²) in [7, 11) is -2.21. The number of nitrogens with one attached hydrogen (secondary N) is 1. The molecule has 6 nitrogen and oxygen atoms in total. The molecule has 0 aliphatic carbocycles. The molecule has 1 heterocycles. The van der Waals surface area contributed by atoms with Crippen LogP contribution >= 0.6 is 0 Å². The number of anilines is 1. The lowest BCUT2D eigenvalue weighted by molar-refractivity contribution is -0.117. The minimum atomic E-state index is -3.55. The van der Waals surface area contributed by atoms with E-state index in [4.69, 9.17) is 4.74 Å². The molecule has 0 radical (unpaired) electrons. The molecule has 0 unspecified atom stereocenters. The van der Waals surface area contributed by atoms with Crippen LogP contribution in [-0.4, -0.2) is 33.5 Å². The van der Waals surface area contributed by atoms with Crippen molar-refractivity contribution in [2.24, 2.45) is 0 Å². The molecular formula is C13H18N2O4S. The molecule has 1 aromatic carbocycles. The second-order valence-corrected chi connectivity index (χ2v) is 7.19. The molecule has 2 rings (SSSR count). The van der Waals surface area contributed by atoms with Gasteiger partial charge in [0.15, 0.2) is 0 Å². The SMILES string of the molecule is CNS(=O)(=O)c1ccc2c(c1)N(C(C)=O)CC(C)(C)O2. The van der Waals surface area contributed by atoms with Gasteiger partial charge in [-0.05, 0) is 39.1 Å². The highest BCUT2D eigenvalue weighted by molar-refractivity contribution is 7.89. The average molecular weight is 298 g/mol. The van der Waals surface area contributed by atoms with Crippen molar-refractivity contribution in [3.63, 3.8) is 0 Å². The summed E-state index contributed by atoms with van der Waals surface area (Å²) in [5.74, 6) is 0.355. The van der Waals surface area contributed by atoms with Gasteiger partial charge >= 0.3 is 0 Å². The third-order valence-corrected chi connectivity index (χ3v) is 4.52. The molecular weight excluding hydrogens is 280 g/mol. The third kappa shape index (κ3) is 2.64. The minimum absolute atomic E-state index is 0.105. The van der Waals surface area contributed by atoms with E-state index in [9.17, 15) is 13.2 Å². The number of carbonyl (C=O) groups excluding carboxylic acids is 1. The fraction of sp³-hybridized carbons (Fsp3) is 0.462. The van der Waals surface area contributed by atoms with Crippen LogP contribution in [0.25, 0.3) is 0 Å². The second-order valence-electron chi connectivity index (χ2n) is 5.30. The zero-order valence-corrected chi connectivity index (χ0v) is 12.7. The highest BCUT2D eigenvalue weighted by Gasteiger charge is 2.34. The molecule has 1 N–H and O–H groups in total. The Morgan fingerprint density at radius 2 is 2.05 bits per heavy atom. The van der Waals surface area contributed by atoms with Gasteiger partial charge in [-0.3, -0.25) is 4.79 Å². The zero-order valence-electron chi connectivity index (χ0n) is 11.9. The first-order valence-electron chi connectivity index (χ1n) is 6.21. The van der Waals surface area contributed by atoms with Crippen LogP contribution in [0, 0.1) is 0 Å². The van der Waals surface area contributed by atoms with Crippen molar-refractivity contribution in [2.75, 3.05) is 18.5 Å². The van der Waals surface area contributed by atoms with E-state index < -0.39 is 15.6 Å². The monoisotopic (exact) mass is 298 g/mol. The predicted molar refractivity (Wildman–Crippen MR) is 75.4 cm³/mol. The molecule has 0 aromatic heterocycles. The predicted octanol–water partition coefficient (Wildman–Crippen LogP) is 1.12. The summed E-state index contributed by atoms with van der Waals surface area (Å²) in [5.41, 5.74) is -0.0321. The van der Waals surface area contributed by atoms with Crippen molar-refractivity contribution >= 4 is 21.6 Å². The number of benzene rings is 1. The highest BCUT2D eigenvalue weighted by Crippen LogP contribution is 2.38. The van der Waals surface area contributed by atoms with Gasteiger partial charge in [-0.15, -0.1) is 0 Å². The number of rotatable bonds is 2. The lowest BCUT2D eigenvalue weighted by atomic mass is 10.1. The smallest absolute Gasteiger partial charge is 0.240 e. The number of sulfonamides is 1. The summed E-state index contributed by atoms with van der Waals surface area (Å²) in [5, 5.41) is 0. The van der Waals surface area contributed by atoms with E-state index in [2.05, 4.69) is 4.72 Å². The van der Waals surface area contributed by atoms with E-state index in [1.54, 1.807) is 6.07 Å². The zero-order chi connectivity index (χ0) is 15.1. The van der Waals surface area contributed by atoms with Gasteiger partial charge in [0.1, 0.15) is 11.4 Å². The highest BCUT2D eigenvalue weighted by atomic mass is 32.2. The molecule has 0 saturated heterocycles. The Balaban J connectivity index is 2.57. The summed E-state index contributed by atoms with van der Waals surface area (Å²) < 4.78 is 31.7. The van der Waals surface area contributed by atoms with Crippen molar-refractivity contribution in [1.82, 2.24) is 4.72 Å². The van der Waals surface area contributed by atoms with Gasteiger partial charge in [-0.2, -0.15) is 0 Å². The van der Waals surface area contributed by atoms with E-state index in [0.29, 0.717) is 18.0 Å². The van der Waals surface area contributed by atoms with Gasteiger partial charge in [0, 0.05) is 6.92 Å².